The summed E-state index contributed by atoms with van der Waals surface area (Å²) >= 11 is 0. The van der Waals surface area contributed by atoms with Crippen molar-refractivity contribution in [3.05, 3.63) is 12.2 Å². The standard InChI is InChI=1S/C14H26.C2H6/c1-5-8-14(9-6-2)10-7-12(3)13(4)11-14;1-2/h13H,3,5-11H2,1-2,4H3;1-2H3/t13-;/m0./s1. The van der Waals surface area contributed by atoms with Gasteiger partial charge in [0, 0.05) is 0 Å². The molecule has 0 amide bonds. The van der Waals surface area contributed by atoms with E-state index in [1.165, 1.54) is 50.5 Å². The van der Waals surface area contributed by atoms with E-state index in [2.05, 4.69) is 27.4 Å². The van der Waals surface area contributed by atoms with E-state index in [-0.39, 0.29) is 0 Å². The van der Waals surface area contributed by atoms with Crippen molar-refractivity contribution in [1.29, 1.82) is 0 Å². The lowest BCUT2D eigenvalue weighted by atomic mass is 9.64. The van der Waals surface area contributed by atoms with Crippen LogP contribution in [0.15, 0.2) is 12.2 Å². The summed E-state index contributed by atoms with van der Waals surface area (Å²) in [6, 6.07) is 0. The third-order valence-electron chi connectivity index (χ3n) is 3.97. The highest BCUT2D eigenvalue weighted by Crippen LogP contribution is 2.47. The Hall–Kier alpha value is -0.260. The molecule has 96 valence electrons. The van der Waals surface area contributed by atoms with Gasteiger partial charge in [0.2, 0.25) is 0 Å². The van der Waals surface area contributed by atoms with E-state index >= 15 is 0 Å². The Morgan fingerprint density at radius 3 is 2.06 bits per heavy atom. The minimum atomic E-state index is 0.671. The molecule has 0 N–H and O–H groups in total. The normalized spacial score (nSPS) is 23.6. The Labute approximate surface area is 104 Å². The minimum absolute atomic E-state index is 0.671. The van der Waals surface area contributed by atoms with Crippen LogP contribution < -0.4 is 0 Å². The largest absolute Gasteiger partial charge is 0.0996 e. The van der Waals surface area contributed by atoms with Crippen molar-refractivity contribution in [2.75, 3.05) is 0 Å². The maximum absolute atomic E-state index is 4.18. The number of rotatable bonds is 4. The average molecular weight is 224 g/mol. The highest BCUT2D eigenvalue weighted by Gasteiger charge is 2.34. The molecular formula is C16H32. The van der Waals surface area contributed by atoms with Crippen molar-refractivity contribution in [3.63, 3.8) is 0 Å². The maximum atomic E-state index is 4.18. The smallest absolute Gasteiger partial charge is 0.0229 e. The SMILES string of the molecule is C=C1CCC(CCC)(CCC)C[C@@H]1C.CC. The van der Waals surface area contributed by atoms with Gasteiger partial charge in [-0.1, -0.05) is 59.6 Å². The van der Waals surface area contributed by atoms with E-state index in [0.717, 1.165) is 5.92 Å². The first-order valence-corrected chi connectivity index (χ1v) is 7.31. The highest BCUT2D eigenvalue weighted by molar-refractivity contribution is 5.06. The fourth-order valence-electron chi connectivity index (χ4n) is 3.21. The van der Waals surface area contributed by atoms with Gasteiger partial charge in [0.05, 0.1) is 0 Å². The molecule has 0 bridgehead atoms. The molecule has 0 aromatic heterocycles. The van der Waals surface area contributed by atoms with E-state index < -0.39 is 0 Å². The second-order valence-electron chi connectivity index (χ2n) is 5.26. The molecule has 0 unspecified atom stereocenters. The maximum Gasteiger partial charge on any atom is -0.0229 e. The van der Waals surface area contributed by atoms with Crippen molar-refractivity contribution >= 4 is 0 Å². The minimum Gasteiger partial charge on any atom is -0.0996 e. The molecule has 1 atom stereocenters. The molecule has 0 saturated heterocycles. The van der Waals surface area contributed by atoms with Crippen LogP contribution in [0.5, 0.6) is 0 Å². The quantitative estimate of drug-likeness (QED) is 0.516. The molecular weight excluding hydrogens is 192 g/mol. The summed E-state index contributed by atoms with van der Waals surface area (Å²) in [5, 5.41) is 0. The zero-order valence-electron chi connectivity index (χ0n) is 12.2. The van der Waals surface area contributed by atoms with Crippen LogP contribution in [-0.4, -0.2) is 0 Å². The molecule has 1 rings (SSSR count). The third-order valence-corrected chi connectivity index (χ3v) is 3.97. The fraction of sp³-hybridized carbons (Fsp3) is 0.875. The molecule has 0 spiro atoms. The number of hydrogen-bond acceptors (Lipinski definition) is 0. The van der Waals surface area contributed by atoms with Crippen molar-refractivity contribution in [3.8, 4) is 0 Å². The first-order valence-electron chi connectivity index (χ1n) is 7.31. The molecule has 0 aromatic carbocycles. The Balaban J connectivity index is 0.00000106. The van der Waals surface area contributed by atoms with E-state index in [1.807, 2.05) is 13.8 Å². The van der Waals surface area contributed by atoms with Gasteiger partial charge in [-0.15, -0.1) is 0 Å². The van der Waals surface area contributed by atoms with E-state index in [0.29, 0.717) is 5.41 Å². The predicted molar refractivity (Wildman–Crippen MR) is 75.8 cm³/mol. The van der Waals surface area contributed by atoms with Gasteiger partial charge in [0.25, 0.3) is 0 Å². The zero-order chi connectivity index (χ0) is 12.6. The summed E-state index contributed by atoms with van der Waals surface area (Å²) in [5.41, 5.74) is 2.16. The van der Waals surface area contributed by atoms with Gasteiger partial charge in [-0.2, -0.15) is 0 Å². The van der Waals surface area contributed by atoms with Gasteiger partial charge >= 0.3 is 0 Å². The zero-order valence-corrected chi connectivity index (χ0v) is 12.2. The lowest BCUT2D eigenvalue weighted by molar-refractivity contribution is 0.148. The van der Waals surface area contributed by atoms with Crippen LogP contribution in [0, 0.1) is 11.3 Å². The lowest BCUT2D eigenvalue weighted by Gasteiger charge is -2.41. The van der Waals surface area contributed by atoms with Crippen molar-refractivity contribution in [2.45, 2.75) is 79.6 Å². The Kier molecular flexibility index (Phi) is 7.80. The van der Waals surface area contributed by atoms with Crippen LogP contribution in [0.1, 0.15) is 79.6 Å². The van der Waals surface area contributed by atoms with Crippen molar-refractivity contribution < 1.29 is 0 Å². The molecule has 0 heterocycles. The molecule has 1 fully saturated rings. The molecule has 0 heteroatoms. The second-order valence-corrected chi connectivity index (χ2v) is 5.26. The fourth-order valence-corrected chi connectivity index (χ4v) is 3.21. The Bertz CT molecular complexity index is 184. The van der Waals surface area contributed by atoms with Gasteiger partial charge < -0.3 is 0 Å². The van der Waals surface area contributed by atoms with Crippen molar-refractivity contribution in [2.24, 2.45) is 11.3 Å². The van der Waals surface area contributed by atoms with Gasteiger partial charge in [0.15, 0.2) is 0 Å². The van der Waals surface area contributed by atoms with E-state index in [9.17, 15) is 0 Å². The van der Waals surface area contributed by atoms with E-state index in [1.54, 1.807) is 0 Å². The molecule has 1 aliphatic rings. The number of hydrogen-bond donors (Lipinski definition) is 0. The molecule has 0 aliphatic heterocycles. The summed E-state index contributed by atoms with van der Waals surface area (Å²) in [6.07, 6.45) is 9.63. The van der Waals surface area contributed by atoms with Crippen LogP contribution in [0.3, 0.4) is 0 Å². The third kappa shape index (κ3) is 4.31. The second kappa shape index (κ2) is 7.92. The monoisotopic (exact) mass is 224 g/mol. The Morgan fingerprint density at radius 1 is 1.19 bits per heavy atom. The van der Waals surface area contributed by atoms with Gasteiger partial charge in [-0.05, 0) is 43.4 Å². The molecule has 1 aliphatic carbocycles. The van der Waals surface area contributed by atoms with Crippen molar-refractivity contribution in [1.82, 2.24) is 0 Å². The predicted octanol–water partition coefficient (Wildman–Crippen LogP) is 5.98. The first kappa shape index (κ1) is 15.7. The van der Waals surface area contributed by atoms with Gasteiger partial charge in [-0.25, -0.2) is 0 Å². The molecule has 0 radical (unpaired) electrons. The van der Waals surface area contributed by atoms with Crippen LogP contribution in [0.2, 0.25) is 0 Å². The van der Waals surface area contributed by atoms with Crippen LogP contribution in [0.25, 0.3) is 0 Å². The highest BCUT2D eigenvalue weighted by atomic mass is 14.4. The van der Waals surface area contributed by atoms with E-state index in [4.69, 9.17) is 0 Å². The molecule has 0 aromatic rings. The summed E-state index contributed by atoms with van der Waals surface area (Å²) in [6.45, 7) is 15.2. The van der Waals surface area contributed by atoms with Crippen LogP contribution in [0.4, 0.5) is 0 Å². The average Bonchev–Trinajstić information content (AvgIpc) is 2.28. The molecule has 16 heavy (non-hydrogen) atoms. The van der Waals surface area contributed by atoms with Gasteiger partial charge in [-0.3, -0.25) is 0 Å². The molecule has 0 nitrogen and oxygen atoms in total. The van der Waals surface area contributed by atoms with Crippen LogP contribution >= 0.6 is 0 Å². The van der Waals surface area contributed by atoms with Crippen LogP contribution in [-0.2, 0) is 0 Å². The first-order chi connectivity index (χ1) is 7.63. The summed E-state index contributed by atoms with van der Waals surface area (Å²) in [5.74, 6) is 0.766. The summed E-state index contributed by atoms with van der Waals surface area (Å²) in [7, 11) is 0. The summed E-state index contributed by atoms with van der Waals surface area (Å²) in [4.78, 5) is 0. The summed E-state index contributed by atoms with van der Waals surface area (Å²) < 4.78 is 0. The topological polar surface area (TPSA) is 0 Å². The number of allylic oxidation sites excluding steroid dienone is 1. The molecule has 1 saturated carbocycles. The lowest BCUT2D eigenvalue weighted by Crippen LogP contribution is -2.28. The Morgan fingerprint density at radius 2 is 1.69 bits per heavy atom. The van der Waals surface area contributed by atoms with Gasteiger partial charge in [0.1, 0.15) is 0 Å².